The van der Waals surface area contributed by atoms with Gasteiger partial charge in [-0.05, 0) is 6.92 Å². The first kappa shape index (κ1) is 10.1. The summed E-state index contributed by atoms with van der Waals surface area (Å²) in [6, 6.07) is 1.33. The van der Waals surface area contributed by atoms with Gasteiger partial charge >= 0.3 is 5.70 Å². The van der Waals surface area contributed by atoms with Crippen LogP contribution in [0.25, 0.3) is 0 Å². The van der Waals surface area contributed by atoms with Crippen molar-refractivity contribution in [2.24, 2.45) is 0 Å². The van der Waals surface area contributed by atoms with Gasteiger partial charge in [-0.15, -0.1) is 0 Å². The van der Waals surface area contributed by atoms with Gasteiger partial charge in [-0.1, -0.05) is 0 Å². The smallest absolute Gasteiger partial charge is 0.302 e. The van der Waals surface area contributed by atoms with Crippen molar-refractivity contribution in [2.45, 2.75) is 13.0 Å². The minimum atomic E-state index is -0.704. The van der Waals surface area contributed by atoms with Crippen molar-refractivity contribution in [1.29, 1.82) is 10.7 Å². The van der Waals surface area contributed by atoms with E-state index in [9.17, 15) is 10.1 Å². The van der Waals surface area contributed by atoms with Gasteiger partial charge in [0.05, 0.1) is 23.4 Å². The third-order valence-electron chi connectivity index (χ3n) is 1.03. The van der Waals surface area contributed by atoms with E-state index in [-0.39, 0.29) is 5.70 Å². The normalized spacial score (nSPS) is 12.8. The Bertz CT molecular complexity index is 253. The van der Waals surface area contributed by atoms with E-state index in [1.54, 1.807) is 6.92 Å². The molecule has 0 saturated carbocycles. The van der Waals surface area contributed by atoms with Crippen molar-refractivity contribution in [1.82, 2.24) is 5.32 Å². The highest BCUT2D eigenvalue weighted by Crippen LogP contribution is 1.88. The van der Waals surface area contributed by atoms with Crippen LogP contribution < -0.4 is 5.32 Å². The van der Waals surface area contributed by atoms with Gasteiger partial charge in [0.25, 0.3) is 0 Å². The number of nitro groups is 1. The van der Waals surface area contributed by atoms with Crippen LogP contribution in [0.15, 0.2) is 11.9 Å². The molecule has 0 spiro atoms. The highest BCUT2D eigenvalue weighted by atomic mass is 16.6. The SMILES string of the molecule is CC(C#N)N/C=C(\C=N)[N+](=O)[O-]. The lowest BCUT2D eigenvalue weighted by Crippen LogP contribution is -2.19. The molecule has 6 heteroatoms. The summed E-state index contributed by atoms with van der Waals surface area (Å²) in [5, 5.41) is 27.5. The lowest BCUT2D eigenvalue weighted by molar-refractivity contribution is -0.414. The first-order valence-electron chi connectivity index (χ1n) is 3.12. The maximum atomic E-state index is 10.1. The average molecular weight is 168 g/mol. The summed E-state index contributed by atoms with van der Waals surface area (Å²) in [5.41, 5.74) is -0.378. The quantitative estimate of drug-likeness (QED) is 0.357. The Labute approximate surface area is 69.2 Å². The maximum Gasteiger partial charge on any atom is 0.302 e. The van der Waals surface area contributed by atoms with E-state index < -0.39 is 11.0 Å². The molecule has 0 aliphatic carbocycles. The number of nitrogens with zero attached hydrogens (tertiary/aromatic N) is 2. The van der Waals surface area contributed by atoms with Crippen LogP contribution >= 0.6 is 0 Å². The fraction of sp³-hybridized carbons (Fsp3) is 0.333. The first-order chi connectivity index (χ1) is 5.61. The fourth-order valence-electron chi connectivity index (χ4n) is 0.395. The molecule has 1 unspecified atom stereocenters. The molecule has 0 aromatic heterocycles. The molecule has 0 amide bonds. The Hall–Kier alpha value is -1.90. The zero-order valence-corrected chi connectivity index (χ0v) is 6.44. The predicted molar refractivity (Wildman–Crippen MR) is 42.1 cm³/mol. The molecular weight excluding hydrogens is 160 g/mol. The highest BCUT2D eigenvalue weighted by molar-refractivity contribution is 5.71. The minimum absolute atomic E-state index is 0.378. The molecule has 0 fully saturated rings. The van der Waals surface area contributed by atoms with E-state index in [4.69, 9.17) is 10.7 Å². The molecule has 0 aliphatic rings. The van der Waals surface area contributed by atoms with Crippen molar-refractivity contribution in [3.63, 3.8) is 0 Å². The Morgan fingerprint density at radius 2 is 2.50 bits per heavy atom. The lowest BCUT2D eigenvalue weighted by atomic mass is 10.4. The molecule has 0 aliphatic heterocycles. The number of allylic oxidation sites excluding steroid dienone is 1. The maximum absolute atomic E-state index is 10.1. The van der Waals surface area contributed by atoms with E-state index in [1.807, 2.05) is 6.07 Å². The molecule has 0 radical (unpaired) electrons. The van der Waals surface area contributed by atoms with Gasteiger partial charge in [-0.25, -0.2) is 0 Å². The summed E-state index contributed by atoms with van der Waals surface area (Å²) in [6.07, 6.45) is 1.64. The molecule has 6 nitrogen and oxygen atoms in total. The third kappa shape index (κ3) is 3.31. The van der Waals surface area contributed by atoms with Gasteiger partial charge in [0.2, 0.25) is 0 Å². The highest BCUT2D eigenvalue weighted by Gasteiger charge is 2.05. The molecule has 1 atom stereocenters. The van der Waals surface area contributed by atoms with Crippen LogP contribution in [0, 0.1) is 26.9 Å². The van der Waals surface area contributed by atoms with Crippen LogP contribution in [0.2, 0.25) is 0 Å². The van der Waals surface area contributed by atoms with Crippen LogP contribution in [0.5, 0.6) is 0 Å². The standard InChI is InChI=1S/C6H8N4O2/c1-5(2-7)9-4-6(3-8)10(11)12/h3-5,8-9H,1H3/b6-4+,8-3?. The van der Waals surface area contributed by atoms with E-state index in [2.05, 4.69) is 5.32 Å². The Morgan fingerprint density at radius 3 is 2.83 bits per heavy atom. The number of hydrogen-bond donors (Lipinski definition) is 2. The second-order valence-corrected chi connectivity index (χ2v) is 1.99. The van der Waals surface area contributed by atoms with Gasteiger partial charge in [-0.2, -0.15) is 5.26 Å². The number of hydrogen-bond acceptors (Lipinski definition) is 5. The van der Waals surface area contributed by atoms with Crippen LogP contribution in [-0.2, 0) is 0 Å². The van der Waals surface area contributed by atoms with Gasteiger partial charge < -0.3 is 10.7 Å². The zero-order chi connectivity index (χ0) is 9.56. The fourth-order valence-corrected chi connectivity index (χ4v) is 0.395. The lowest BCUT2D eigenvalue weighted by Gasteiger charge is -1.98. The molecule has 0 saturated heterocycles. The summed E-state index contributed by atoms with van der Waals surface area (Å²) < 4.78 is 0. The molecule has 0 aromatic carbocycles. The Balaban J connectivity index is 4.24. The van der Waals surface area contributed by atoms with Gasteiger partial charge in [0.15, 0.2) is 0 Å². The second-order valence-electron chi connectivity index (χ2n) is 1.99. The summed E-state index contributed by atoms with van der Waals surface area (Å²) in [7, 11) is 0. The van der Waals surface area contributed by atoms with Crippen LogP contribution in [0.4, 0.5) is 0 Å². The molecule has 0 aromatic rings. The van der Waals surface area contributed by atoms with Crippen molar-refractivity contribution in [3.05, 3.63) is 22.0 Å². The van der Waals surface area contributed by atoms with Crippen molar-refractivity contribution in [2.75, 3.05) is 0 Å². The molecular formula is C6H8N4O2. The molecule has 2 N–H and O–H groups in total. The molecule has 64 valence electrons. The third-order valence-corrected chi connectivity index (χ3v) is 1.03. The van der Waals surface area contributed by atoms with E-state index in [1.165, 1.54) is 0 Å². The van der Waals surface area contributed by atoms with Crippen molar-refractivity contribution < 1.29 is 4.92 Å². The molecule has 12 heavy (non-hydrogen) atoms. The molecule has 0 rings (SSSR count). The summed E-state index contributed by atoms with van der Waals surface area (Å²) in [6.45, 7) is 1.55. The molecule has 0 heterocycles. The average Bonchev–Trinajstić information content (AvgIpc) is 2.04. The van der Waals surface area contributed by atoms with Crippen LogP contribution in [-0.4, -0.2) is 17.2 Å². The van der Waals surface area contributed by atoms with Crippen LogP contribution in [0.3, 0.4) is 0 Å². The topological polar surface area (TPSA) is 103 Å². The Kier molecular flexibility index (Phi) is 4.08. The number of rotatable bonds is 4. The van der Waals surface area contributed by atoms with Crippen LogP contribution in [0.1, 0.15) is 6.92 Å². The van der Waals surface area contributed by atoms with E-state index in [0.717, 1.165) is 6.20 Å². The van der Waals surface area contributed by atoms with Crippen molar-refractivity contribution >= 4 is 6.21 Å². The van der Waals surface area contributed by atoms with Gasteiger partial charge in [-0.3, -0.25) is 10.1 Å². The first-order valence-corrected chi connectivity index (χ1v) is 3.12. The largest absolute Gasteiger partial charge is 0.370 e. The predicted octanol–water partition coefficient (Wildman–Crippen LogP) is 0.256. The second kappa shape index (κ2) is 4.85. The monoisotopic (exact) mass is 168 g/mol. The minimum Gasteiger partial charge on any atom is -0.370 e. The van der Waals surface area contributed by atoms with E-state index >= 15 is 0 Å². The summed E-state index contributed by atoms with van der Waals surface area (Å²) in [4.78, 5) is 9.39. The van der Waals surface area contributed by atoms with Crippen molar-refractivity contribution in [3.8, 4) is 6.07 Å². The summed E-state index contributed by atoms with van der Waals surface area (Å²) >= 11 is 0. The Morgan fingerprint density at radius 1 is 1.92 bits per heavy atom. The summed E-state index contributed by atoms with van der Waals surface area (Å²) in [5.74, 6) is 0. The van der Waals surface area contributed by atoms with E-state index in [0.29, 0.717) is 6.21 Å². The van der Waals surface area contributed by atoms with Gasteiger partial charge in [0, 0.05) is 0 Å². The van der Waals surface area contributed by atoms with Gasteiger partial charge in [0.1, 0.15) is 6.04 Å². The zero-order valence-electron chi connectivity index (χ0n) is 6.44. The molecule has 0 bridgehead atoms. The number of nitrogens with one attached hydrogen (secondary N) is 2. The number of nitriles is 1.